The lowest BCUT2D eigenvalue weighted by Crippen LogP contribution is -2.52. The van der Waals surface area contributed by atoms with Crippen LogP contribution in [0.15, 0.2) is 28.7 Å². The van der Waals surface area contributed by atoms with Gasteiger partial charge in [0, 0.05) is 23.6 Å². The van der Waals surface area contributed by atoms with Gasteiger partial charge in [0.1, 0.15) is 0 Å². The van der Waals surface area contributed by atoms with E-state index in [-0.39, 0.29) is 30.9 Å². The van der Waals surface area contributed by atoms with Crippen LogP contribution in [0.4, 0.5) is 0 Å². The molecule has 0 radical (unpaired) electrons. The van der Waals surface area contributed by atoms with Crippen molar-refractivity contribution in [1.82, 2.24) is 4.90 Å². The molecule has 1 aromatic carbocycles. The van der Waals surface area contributed by atoms with Gasteiger partial charge in [0.15, 0.2) is 0 Å². The first kappa shape index (κ1) is 16.9. The highest BCUT2D eigenvalue weighted by Gasteiger charge is 2.33. The first-order valence-electron chi connectivity index (χ1n) is 7.56. The second-order valence-electron chi connectivity index (χ2n) is 5.78. The topological polar surface area (TPSA) is 58.7 Å². The molecule has 0 saturated carbocycles. The second kappa shape index (κ2) is 7.70. The van der Waals surface area contributed by atoms with Crippen molar-refractivity contribution in [2.24, 2.45) is 5.73 Å². The van der Waals surface area contributed by atoms with E-state index < -0.39 is 0 Å². The van der Waals surface area contributed by atoms with Gasteiger partial charge >= 0.3 is 0 Å². The van der Waals surface area contributed by atoms with E-state index in [1.165, 1.54) is 5.56 Å². The summed E-state index contributed by atoms with van der Waals surface area (Å²) in [7, 11) is 0. The molecule has 1 heterocycles. The lowest BCUT2D eigenvalue weighted by atomic mass is 9.95. The zero-order valence-corrected chi connectivity index (χ0v) is 14.3. The van der Waals surface area contributed by atoms with Crippen molar-refractivity contribution in [1.29, 1.82) is 0 Å². The Kier molecular flexibility index (Phi) is 6.20. The maximum atomic E-state index is 9.43. The standard InChI is InChI=1S/C16H25BrN2O2/c1-3-15(18)16(12-5-4-6-13(17)7-12)19-8-11(2)21-14(9-19)10-20/h4-7,11,14-16,20H,3,8-10,18H2,1-2H3. The van der Waals surface area contributed by atoms with Crippen molar-refractivity contribution in [3.05, 3.63) is 34.3 Å². The number of nitrogens with two attached hydrogens (primary N) is 1. The number of rotatable bonds is 5. The van der Waals surface area contributed by atoms with Gasteiger partial charge in [0.05, 0.1) is 24.9 Å². The Balaban J connectivity index is 2.27. The SMILES string of the molecule is CCC(N)C(c1cccc(Br)c1)N1CC(C)OC(CO)C1. The highest BCUT2D eigenvalue weighted by molar-refractivity contribution is 9.10. The average molecular weight is 357 g/mol. The van der Waals surface area contributed by atoms with Crippen LogP contribution in [0.25, 0.3) is 0 Å². The van der Waals surface area contributed by atoms with E-state index >= 15 is 0 Å². The number of hydrogen-bond acceptors (Lipinski definition) is 4. The lowest BCUT2D eigenvalue weighted by molar-refractivity contribution is -0.108. The number of hydrogen-bond donors (Lipinski definition) is 2. The Morgan fingerprint density at radius 3 is 2.86 bits per heavy atom. The zero-order chi connectivity index (χ0) is 15.4. The third kappa shape index (κ3) is 4.27. The van der Waals surface area contributed by atoms with E-state index in [4.69, 9.17) is 10.5 Å². The van der Waals surface area contributed by atoms with Crippen molar-refractivity contribution < 1.29 is 9.84 Å². The van der Waals surface area contributed by atoms with Gasteiger partial charge in [-0.3, -0.25) is 4.90 Å². The molecule has 0 bridgehead atoms. The largest absolute Gasteiger partial charge is 0.394 e. The van der Waals surface area contributed by atoms with Crippen molar-refractivity contribution in [2.75, 3.05) is 19.7 Å². The van der Waals surface area contributed by atoms with Crippen LogP contribution in [-0.4, -0.2) is 48.0 Å². The quantitative estimate of drug-likeness (QED) is 0.849. The molecule has 0 aliphatic carbocycles. The van der Waals surface area contributed by atoms with Crippen molar-refractivity contribution >= 4 is 15.9 Å². The summed E-state index contributed by atoms with van der Waals surface area (Å²) in [4.78, 5) is 2.35. The molecule has 118 valence electrons. The zero-order valence-electron chi connectivity index (χ0n) is 12.7. The molecule has 1 aromatic rings. The third-order valence-electron chi connectivity index (χ3n) is 4.02. The molecular formula is C16H25BrN2O2. The number of benzene rings is 1. The van der Waals surface area contributed by atoms with E-state index in [2.05, 4.69) is 39.9 Å². The number of halogens is 1. The summed E-state index contributed by atoms with van der Waals surface area (Å²) in [6, 6.07) is 8.53. The molecule has 4 atom stereocenters. The molecule has 5 heteroatoms. The number of aliphatic hydroxyl groups excluding tert-OH is 1. The molecule has 1 aliphatic heterocycles. The van der Waals surface area contributed by atoms with E-state index in [1.54, 1.807) is 0 Å². The molecule has 21 heavy (non-hydrogen) atoms. The van der Waals surface area contributed by atoms with E-state index in [0.717, 1.165) is 17.4 Å². The highest BCUT2D eigenvalue weighted by atomic mass is 79.9. The van der Waals surface area contributed by atoms with E-state index in [0.29, 0.717) is 6.54 Å². The van der Waals surface area contributed by atoms with Crippen LogP contribution in [0.5, 0.6) is 0 Å². The highest BCUT2D eigenvalue weighted by Crippen LogP contribution is 2.30. The van der Waals surface area contributed by atoms with Gasteiger partial charge in [-0.1, -0.05) is 35.0 Å². The Hall–Kier alpha value is -0.460. The van der Waals surface area contributed by atoms with Crippen LogP contribution in [0.3, 0.4) is 0 Å². The smallest absolute Gasteiger partial charge is 0.0936 e. The minimum absolute atomic E-state index is 0.0490. The second-order valence-corrected chi connectivity index (χ2v) is 6.69. The summed E-state index contributed by atoms with van der Waals surface area (Å²) < 4.78 is 6.81. The predicted molar refractivity (Wildman–Crippen MR) is 88.1 cm³/mol. The molecule has 0 spiro atoms. The molecule has 0 amide bonds. The van der Waals surface area contributed by atoms with Crippen LogP contribution in [0, 0.1) is 0 Å². The average Bonchev–Trinajstić information content (AvgIpc) is 2.46. The number of morpholine rings is 1. The third-order valence-corrected chi connectivity index (χ3v) is 4.51. The van der Waals surface area contributed by atoms with Gasteiger partial charge in [-0.25, -0.2) is 0 Å². The summed E-state index contributed by atoms with van der Waals surface area (Å²) in [5.74, 6) is 0. The Morgan fingerprint density at radius 2 is 2.24 bits per heavy atom. The normalized spacial score (nSPS) is 26.5. The van der Waals surface area contributed by atoms with Gasteiger partial charge < -0.3 is 15.6 Å². The molecule has 4 unspecified atom stereocenters. The van der Waals surface area contributed by atoms with Gasteiger partial charge in [0.2, 0.25) is 0 Å². The Labute approximate surface area is 135 Å². The molecule has 1 fully saturated rings. The summed E-state index contributed by atoms with van der Waals surface area (Å²) >= 11 is 3.54. The molecule has 4 nitrogen and oxygen atoms in total. The fourth-order valence-corrected chi connectivity index (χ4v) is 3.47. The number of nitrogens with zero attached hydrogens (tertiary/aromatic N) is 1. The first-order chi connectivity index (χ1) is 10.0. The van der Waals surface area contributed by atoms with Gasteiger partial charge in [-0.05, 0) is 31.0 Å². The van der Waals surface area contributed by atoms with Gasteiger partial charge in [-0.2, -0.15) is 0 Å². The fourth-order valence-electron chi connectivity index (χ4n) is 3.05. The molecule has 2 rings (SSSR count). The monoisotopic (exact) mass is 356 g/mol. The maximum absolute atomic E-state index is 9.43. The van der Waals surface area contributed by atoms with E-state index in [9.17, 15) is 5.11 Å². The number of aliphatic hydroxyl groups is 1. The Bertz CT molecular complexity index is 458. The van der Waals surface area contributed by atoms with Crippen LogP contribution >= 0.6 is 15.9 Å². The van der Waals surface area contributed by atoms with Crippen molar-refractivity contribution in [3.8, 4) is 0 Å². The molecule has 0 aromatic heterocycles. The van der Waals surface area contributed by atoms with Crippen LogP contribution < -0.4 is 5.73 Å². The van der Waals surface area contributed by atoms with Crippen LogP contribution in [-0.2, 0) is 4.74 Å². The molecular weight excluding hydrogens is 332 g/mol. The minimum atomic E-state index is -0.132. The Morgan fingerprint density at radius 1 is 1.48 bits per heavy atom. The minimum Gasteiger partial charge on any atom is -0.394 e. The molecule has 3 N–H and O–H groups in total. The van der Waals surface area contributed by atoms with Crippen LogP contribution in [0.2, 0.25) is 0 Å². The number of ether oxygens (including phenoxy) is 1. The van der Waals surface area contributed by atoms with Crippen molar-refractivity contribution in [3.63, 3.8) is 0 Å². The molecule has 1 aliphatic rings. The summed E-state index contributed by atoms with van der Waals surface area (Å²) in [5, 5.41) is 9.43. The van der Waals surface area contributed by atoms with Gasteiger partial charge in [-0.15, -0.1) is 0 Å². The summed E-state index contributed by atoms with van der Waals surface area (Å²) in [6.45, 7) is 5.76. The summed E-state index contributed by atoms with van der Waals surface area (Å²) in [5.41, 5.74) is 7.61. The van der Waals surface area contributed by atoms with Gasteiger partial charge in [0.25, 0.3) is 0 Å². The van der Waals surface area contributed by atoms with Crippen LogP contribution in [0.1, 0.15) is 31.9 Å². The summed E-state index contributed by atoms with van der Waals surface area (Å²) in [6.07, 6.45) is 0.884. The molecule has 1 saturated heterocycles. The fraction of sp³-hybridized carbons (Fsp3) is 0.625. The van der Waals surface area contributed by atoms with E-state index in [1.807, 2.05) is 19.1 Å². The predicted octanol–water partition coefficient (Wildman–Crippen LogP) is 2.31. The first-order valence-corrected chi connectivity index (χ1v) is 8.35. The maximum Gasteiger partial charge on any atom is 0.0936 e. The lowest BCUT2D eigenvalue weighted by Gasteiger charge is -2.43. The van der Waals surface area contributed by atoms with Crippen molar-refractivity contribution in [2.45, 2.75) is 44.6 Å².